The Hall–Kier alpha value is -0.870. The molecule has 0 spiro atoms. The second-order valence-electron chi connectivity index (χ2n) is 7.81. The van der Waals surface area contributed by atoms with E-state index in [-0.39, 0.29) is 34.7 Å². The van der Waals surface area contributed by atoms with Crippen LogP contribution < -0.4 is 11.1 Å². The summed E-state index contributed by atoms with van der Waals surface area (Å²) in [5, 5.41) is 5.43. The molecule has 0 aliphatic heterocycles. The Labute approximate surface area is 131 Å². The standard InChI is InChI=1S/C17H26N2OS/c1-16(2)14(18)17(3,4)15(16)19-13(20)11-6-5-7-12-10(11)8-9-21-12/h8-9,11,14-15H,5-7,18H2,1-4H3,(H,19,20). The second kappa shape index (κ2) is 4.82. The van der Waals surface area contributed by atoms with Crippen molar-refractivity contribution in [3.05, 3.63) is 21.9 Å². The average molecular weight is 306 g/mol. The van der Waals surface area contributed by atoms with Crippen LogP contribution in [0.15, 0.2) is 11.4 Å². The summed E-state index contributed by atoms with van der Waals surface area (Å²) in [5.74, 6) is 0.218. The van der Waals surface area contributed by atoms with Gasteiger partial charge < -0.3 is 11.1 Å². The third-order valence-electron chi connectivity index (χ3n) is 5.75. The van der Waals surface area contributed by atoms with Gasteiger partial charge in [-0.05, 0) is 36.3 Å². The molecule has 4 heteroatoms. The van der Waals surface area contributed by atoms with Crippen molar-refractivity contribution in [3.8, 4) is 0 Å². The Balaban J connectivity index is 1.77. The maximum absolute atomic E-state index is 12.8. The Morgan fingerprint density at radius 2 is 2.00 bits per heavy atom. The number of nitrogens with two attached hydrogens (primary N) is 1. The van der Waals surface area contributed by atoms with Gasteiger partial charge in [0.25, 0.3) is 0 Å². The molecule has 116 valence electrons. The zero-order chi connectivity index (χ0) is 15.4. The fourth-order valence-electron chi connectivity index (χ4n) is 4.55. The molecular weight excluding hydrogens is 280 g/mol. The predicted molar refractivity (Wildman–Crippen MR) is 87.5 cm³/mol. The molecule has 3 N–H and O–H groups in total. The molecule has 1 heterocycles. The molecular formula is C17H26N2OS. The van der Waals surface area contributed by atoms with Crippen LogP contribution in [-0.2, 0) is 11.2 Å². The molecule has 1 saturated carbocycles. The molecule has 0 aromatic carbocycles. The van der Waals surface area contributed by atoms with Crippen molar-refractivity contribution in [2.45, 2.75) is 65.0 Å². The van der Waals surface area contributed by atoms with Gasteiger partial charge in [-0.1, -0.05) is 27.7 Å². The second-order valence-corrected chi connectivity index (χ2v) is 8.81. The lowest BCUT2D eigenvalue weighted by molar-refractivity contribution is -0.133. The van der Waals surface area contributed by atoms with Crippen LogP contribution in [0.1, 0.15) is 56.9 Å². The number of nitrogens with one attached hydrogen (secondary N) is 1. The monoisotopic (exact) mass is 306 g/mol. The summed E-state index contributed by atoms with van der Waals surface area (Å²) in [6, 6.07) is 2.40. The highest BCUT2D eigenvalue weighted by Gasteiger charge is 2.60. The molecule has 21 heavy (non-hydrogen) atoms. The summed E-state index contributed by atoms with van der Waals surface area (Å²) >= 11 is 1.79. The van der Waals surface area contributed by atoms with E-state index >= 15 is 0 Å². The fourth-order valence-corrected chi connectivity index (χ4v) is 5.54. The van der Waals surface area contributed by atoms with Crippen LogP contribution in [0.25, 0.3) is 0 Å². The summed E-state index contributed by atoms with van der Waals surface area (Å²) in [6.45, 7) is 8.63. The first-order valence-electron chi connectivity index (χ1n) is 7.88. The summed E-state index contributed by atoms with van der Waals surface area (Å²) in [7, 11) is 0. The van der Waals surface area contributed by atoms with Gasteiger partial charge in [-0.25, -0.2) is 0 Å². The molecule has 0 bridgehead atoms. The van der Waals surface area contributed by atoms with E-state index in [0.717, 1.165) is 19.3 Å². The quantitative estimate of drug-likeness (QED) is 0.882. The number of thiophene rings is 1. The smallest absolute Gasteiger partial charge is 0.227 e. The summed E-state index contributed by atoms with van der Waals surface area (Å²) < 4.78 is 0. The molecule has 0 radical (unpaired) electrons. The Kier molecular flexibility index (Phi) is 3.45. The lowest BCUT2D eigenvalue weighted by Crippen LogP contribution is -2.76. The molecule has 3 rings (SSSR count). The van der Waals surface area contributed by atoms with E-state index in [1.807, 2.05) is 0 Å². The third-order valence-corrected chi connectivity index (χ3v) is 6.74. The average Bonchev–Trinajstić information content (AvgIpc) is 2.91. The van der Waals surface area contributed by atoms with Gasteiger partial charge in [0, 0.05) is 27.8 Å². The molecule has 2 aliphatic carbocycles. The molecule has 2 aliphatic rings. The molecule has 1 aromatic rings. The van der Waals surface area contributed by atoms with Crippen molar-refractivity contribution in [3.63, 3.8) is 0 Å². The number of carbonyl (C=O) groups is 1. The van der Waals surface area contributed by atoms with E-state index in [1.54, 1.807) is 11.3 Å². The van der Waals surface area contributed by atoms with E-state index in [9.17, 15) is 4.79 Å². The van der Waals surface area contributed by atoms with Crippen molar-refractivity contribution >= 4 is 17.2 Å². The van der Waals surface area contributed by atoms with Crippen molar-refractivity contribution in [1.82, 2.24) is 5.32 Å². The SMILES string of the molecule is CC1(C)C(N)C(C)(C)C1NC(=O)C1CCCc2sccc21. The van der Waals surface area contributed by atoms with Gasteiger partial charge >= 0.3 is 0 Å². The van der Waals surface area contributed by atoms with E-state index in [4.69, 9.17) is 5.73 Å². The molecule has 1 fully saturated rings. The summed E-state index contributed by atoms with van der Waals surface area (Å²) in [5.41, 5.74) is 7.47. The number of rotatable bonds is 2. The Morgan fingerprint density at radius 1 is 1.33 bits per heavy atom. The van der Waals surface area contributed by atoms with Crippen LogP contribution in [0.5, 0.6) is 0 Å². The molecule has 0 saturated heterocycles. The van der Waals surface area contributed by atoms with Gasteiger partial charge in [0.1, 0.15) is 0 Å². The molecule has 3 nitrogen and oxygen atoms in total. The number of amides is 1. The lowest BCUT2D eigenvalue weighted by atomic mass is 9.48. The van der Waals surface area contributed by atoms with Crippen LogP contribution in [0.3, 0.4) is 0 Å². The minimum absolute atomic E-state index is 0.0309. The predicted octanol–water partition coefficient (Wildman–Crippen LogP) is 3.05. The Bertz CT molecular complexity index is 545. The van der Waals surface area contributed by atoms with Crippen molar-refractivity contribution < 1.29 is 4.79 Å². The van der Waals surface area contributed by atoms with E-state index in [0.29, 0.717) is 0 Å². The fraction of sp³-hybridized carbons (Fsp3) is 0.706. The highest BCUT2D eigenvalue weighted by molar-refractivity contribution is 7.10. The summed E-state index contributed by atoms with van der Waals surface area (Å²) in [6.07, 6.45) is 3.21. The van der Waals surface area contributed by atoms with Gasteiger partial charge in [-0.2, -0.15) is 0 Å². The van der Waals surface area contributed by atoms with Gasteiger partial charge in [0.05, 0.1) is 5.92 Å². The minimum Gasteiger partial charge on any atom is -0.352 e. The highest BCUT2D eigenvalue weighted by atomic mass is 32.1. The topological polar surface area (TPSA) is 55.1 Å². The number of aryl methyl sites for hydroxylation is 1. The zero-order valence-electron chi connectivity index (χ0n) is 13.4. The van der Waals surface area contributed by atoms with Crippen molar-refractivity contribution in [1.29, 1.82) is 0 Å². The van der Waals surface area contributed by atoms with E-state index in [2.05, 4.69) is 44.5 Å². The van der Waals surface area contributed by atoms with Crippen LogP contribution in [0.2, 0.25) is 0 Å². The lowest BCUT2D eigenvalue weighted by Gasteiger charge is -2.63. The van der Waals surface area contributed by atoms with Crippen LogP contribution in [0, 0.1) is 10.8 Å². The largest absolute Gasteiger partial charge is 0.352 e. The van der Waals surface area contributed by atoms with Crippen LogP contribution in [-0.4, -0.2) is 18.0 Å². The molecule has 1 unspecified atom stereocenters. The first-order valence-corrected chi connectivity index (χ1v) is 8.76. The van der Waals surface area contributed by atoms with Crippen LogP contribution >= 0.6 is 11.3 Å². The first kappa shape index (κ1) is 15.0. The zero-order valence-corrected chi connectivity index (χ0v) is 14.2. The first-order chi connectivity index (χ1) is 9.76. The van der Waals surface area contributed by atoms with Gasteiger partial charge in [0.2, 0.25) is 5.91 Å². The maximum Gasteiger partial charge on any atom is 0.227 e. The number of hydrogen-bond acceptors (Lipinski definition) is 3. The third kappa shape index (κ3) is 2.15. The van der Waals surface area contributed by atoms with Gasteiger partial charge in [-0.15, -0.1) is 11.3 Å². The number of carbonyl (C=O) groups excluding carboxylic acids is 1. The molecule has 1 amide bonds. The van der Waals surface area contributed by atoms with Gasteiger partial charge in [0.15, 0.2) is 0 Å². The minimum atomic E-state index is -0.0364. The summed E-state index contributed by atoms with van der Waals surface area (Å²) in [4.78, 5) is 14.2. The van der Waals surface area contributed by atoms with E-state index < -0.39 is 0 Å². The molecule has 1 atom stereocenters. The highest BCUT2D eigenvalue weighted by Crippen LogP contribution is 2.52. The van der Waals surface area contributed by atoms with Gasteiger partial charge in [-0.3, -0.25) is 4.79 Å². The molecule has 1 aromatic heterocycles. The van der Waals surface area contributed by atoms with Crippen LogP contribution in [0.4, 0.5) is 0 Å². The Morgan fingerprint density at radius 3 is 2.67 bits per heavy atom. The number of hydrogen-bond donors (Lipinski definition) is 2. The normalized spacial score (nSPS) is 32.9. The number of fused-ring (bicyclic) bond motifs is 1. The van der Waals surface area contributed by atoms with E-state index in [1.165, 1.54) is 10.4 Å². The van der Waals surface area contributed by atoms with Crippen molar-refractivity contribution in [2.24, 2.45) is 16.6 Å². The van der Waals surface area contributed by atoms with Crippen molar-refractivity contribution in [2.75, 3.05) is 0 Å². The maximum atomic E-state index is 12.8.